The Balaban J connectivity index is 2.57. The highest BCUT2D eigenvalue weighted by atomic mass is 32.2. The van der Waals surface area contributed by atoms with Crippen LogP contribution in [-0.2, 0) is 9.84 Å². The van der Waals surface area contributed by atoms with Crippen LogP contribution in [0.4, 0.5) is 0 Å². The van der Waals surface area contributed by atoms with E-state index in [4.69, 9.17) is 14.9 Å². The first-order chi connectivity index (χ1) is 10.8. The van der Waals surface area contributed by atoms with Gasteiger partial charge in [-0.2, -0.15) is 0 Å². The van der Waals surface area contributed by atoms with Crippen LogP contribution in [0.5, 0.6) is 5.75 Å². The quantitative estimate of drug-likeness (QED) is 0.856. The van der Waals surface area contributed by atoms with Crippen molar-refractivity contribution < 1.29 is 33.0 Å². The van der Waals surface area contributed by atoms with E-state index >= 15 is 0 Å². The molecule has 0 aliphatic carbocycles. The van der Waals surface area contributed by atoms with Crippen LogP contribution in [0.1, 0.15) is 20.7 Å². The van der Waals surface area contributed by atoms with Crippen LogP contribution < -0.4 is 4.74 Å². The molecule has 8 heteroatoms. The van der Waals surface area contributed by atoms with E-state index in [2.05, 4.69) is 0 Å². The molecule has 0 atom stereocenters. The molecule has 2 aromatic carbocycles. The molecule has 0 saturated heterocycles. The maximum atomic E-state index is 12.5. The zero-order valence-electron chi connectivity index (χ0n) is 11.9. The highest BCUT2D eigenvalue weighted by molar-refractivity contribution is 7.91. The van der Waals surface area contributed by atoms with Crippen LogP contribution in [0.3, 0.4) is 0 Å². The van der Waals surface area contributed by atoms with E-state index in [1.807, 2.05) is 0 Å². The molecule has 0 amide bonds. The van der Waals surface area contributed by atoms with Crippen LogP contribution in [0, 0.1) is 0 Å². The van der Waals surface area contributed by atoms with Crippen LogP contribution in [0.2, 0.25) is 0 Å². The Morgan fingerprint density at radius 3 is 1.87 bits per heavy atom. The number of sulfone groups is 1. The van der Waals surface area contributed by atoms with Crippen molar-refractivity contribution in [2.75, 3.05) is 7.11 Å². The Bertz CT molecular complexity index is 867. The van der Waals surface area contributed by atoms with Gasteiger partial charge in [-0.15, -0.1) is 0 Å². The normalized spacial score (nSPS) is 11.0. The predicted octanol–water partition coefficient (Wildman–Crippen LogP) is 1.92. The first-order valence-corrected chi connectivity index (χ1v) is 7.75. The van der Waals surface area contributed by atoms with E-state index in [9.17, 15) is 18.0 Å². The van der Waals surface area contributed by atoms with Crippen molar-refractivity contribution in [2.45, 2.75) is 9.79 Å². The van der Waals surface area contributed by atoms with Gasteiger partial charge in [0.2, 0.25) is 9.84 Å². The molecule has 0 saturated carbocycles. The minimum Gasteiger partial charge on any atom is -0.497 e. The van der Waals surface area contributed by atoms with Crippen molar-refractivity contribution in [3.8, 4) is 5.75 Å². The first kappa shape index (κ1) is 16.5. The predicted molar refractivity (Wildman–Crippen MR) is 78.8 cm³/mol. The summed E-state index contributed by atoms with van der Waals surface area (Å²) in [5, 5.41) is 18.0. The Morgan fingerprint density at radius 2 is 1.39 bits per heavy atom. The number of carbonyl (C=O) groups is 2. The lowest BCUT2D eigenvalue weighted by molar-refractivity contribution is 0.0651. The fourth-order valence-electron chi connectivity index (χ4n) is 1.94. The van der Waals surface area contributed by atoms with Gasteiger partial charge in [0.15, 0.2) is 0 Å². The fourth-order valence-corrected chi connectivity index (χ4v) is 3.23. The summed E-state index contributed by atoms with van der Waals surface area (Å²) < 4.78 is 30.0. The molecule has 23 heavy (non-hydrogen) atoms. The number of ether oxygens (including phenoxy) is 1. The highest BCUT2D eigenvalue weighted by Gasteiger charge is 2.23. The van der Waals surface area contributed by atoms with Crippen molar-refractivity contribution >= 4 is 21.8 Å². The molecule has 2 rings (SSSR count). The molecule has 2 N–H and O–H groups in total. The summed E-state index contributed by atoms with van der Waals surface area (Å²) in [4.78, 5) is 21.8. The van der Waals surface area contributed by atoms with Gasteiger partial charge in [0.25, 0.3) is 0 Å². The molecule has 120 valence electrons. The molecule has 2 aromatic rings. The molecular formula is C15H12O7S. The van der Waals surface area contributed by atoms with Crippen LogP contribution in [-0.4, -0.2) is 37.7 Å². The second-order valence-electron chi connectivity index (χ2n) is 4.50. The molecule has 0 spiro atoms. The van der Waals surface area contributed by atoms with Crippen molar-refractivity contribution in [2.24, 2.45) is 0 Å². The SMILES string of the molecule is COc1ccc(S(=O)(=O)c2ccc(C(=O)O)c(C(=O)O)c2)cc1. The van der Waals surface area contributed by atoms with Crippen molar-refractivity contribution in [3.63, 3.8) is 0 Å². The van der Waals surface area contributed by atoms with Gasteiger partial charge in [0.05, 0.1) is 28.0 Å². The maximum Gasteiger partial charge on any atom is 0.336 e. The minimum absolute atomic E-state index is 0.0577. The molecule has 0 aliphatic rings. The lowest BCUT2D eigenvalue weighted by Gasteiger charge is -2.08. The summed E-state index contributed by atoms with van der Waals surface area (Å²) in [6.45, 7) is 0. The lowest BCUT2D eigenvalue weighted by Crippen LogP contribution is -2.10. The van der Waals surface area contributed by atoms with Gasteiger partial charge >= 0.3 is 11.9 Å². The second kappa shape index (κ2) is 6.09. The van der Waals surface area contributed by atoms with E-state index in [0.717, 1.165) is 18.2 Å². The van der Waals surface area contributed by atoms with Crippen LogP contribution >= 0.6 is 0 Å². The highest BCUT2D eigenvalue weighted by Crippen LogP contribution is 2.25. The molecular weight excluding hydrogens is 324 g/mol. The average Bonchev–Trinajstić information content (AvgIpc) is 2.54. The number of aromatic carboxylic acids is 2. The third-order valence-corrected chi connectivity index (χ3v) is 4.90. The van der Waals surface area contributed by atoms with Gasteiger partial charge < -0.3 is 14.9 Å². The van der Waals surface area contributed by atoms with Crippen molar-refractivity contribution in [1.29, 1.82) is 0 Å². The molecule has 0 fully saturated rings. The molecule has 0 aliphatic heterocycles. The third-order valence-electron chi connectivity index (χ3n) is 3.13. The Kier molecular flexibility index (Phi) is 4.37. The fraction of sp³-hybridized carbons (Fsp3) is 0.0667. The molecule has 0 bridgehead atoms. The van der Waals surface area contributed by atoms with Gasteiger partial charge in [-0.3, -0.25) is 0 Å². The summed E-state index contributed by atoms with van der Waals surface area (Å²) in [7, 11) is -2.54. The lowest BCUT2D eigenvalue weighted by atomic mass is 10.1. The van der Waals surface area contributed by atoms with Gasteiger partial charge in [0, 0.05) is 0 Å². The molecule has 0 aromatic heterocycles. The second-order valence-corrected chi connectivity index (χ2v) is 6.45. The Labute approximate surface area is 131 Å². The Hall–Kier alpha value is -2.87. The number of rotatable bonds is 5. The molecule has 0 unspecified atom stereocenters. The number of carboxylic acid groups (broad SMARTS) is 2. The van der Waals surface area contributed by atoms with E-state index in [1.54, 1.807) is 0 Å². The average molecular weight is 336 g/mol. The zero-order chi connectivity index (χ0) is 17.2. The molecule has 0 radical (unpaired) electrons. The van der Waals surface area contributed by atoms with E-state index in [1.165, 1.54) is 31.4 Å². The molecule has 0 heterocycles. The summed E-state index contributed by atoms with van der Waals surface area (Å²) >= 11 is 0. The summed E-state index contributed by atoms with van der Waals surface area (Å²) in [5.74, 6) is -2.50. The van der Waals surface area contributed by atoms with Gasteiger partial charge in [0.1, 0.15) is 5.75 Å². The van der Waals surface area contributed by atoms with E-state index in [0.29, 0.717) is 5.75 Å². The van der Waals surface area contributed by atoms with E-state index < -0.39 is 32.9 Å². The van der Waals surface area contributed by atoms with Crippen molar-refractivity contribution in [1.82, 2.24) is 0 Å². The first-order valence-electron chi connectivity index (χ1n) is 6.27. The maximum absolute atomic E-state index is 12.5. The Morgan fingerprint density at radius 1 is 0.870 bits per heavy atom. The third kappa shape index (κ3) is 3.16. The standard InChI is InChI=1S/C15H12O7S/c1-22-9-2-4-10(5-3-9)23(20,21)11-6-7-12(14(16)17)13(8-11)15(18)19/h2-8H,1H3,(H,16,17)(H,18,19). The number of hydrogen-bond donors (Lipinski definition) is 2. The number of benzene rings is 2. The summed E-state index contributed by atoms with van der Waals surface area (Å²) in [6.07, 6.45) is 0. The van der Waals surface area contributed by atoms with Crippen molar-refractivity contribution in [3.05, 3.63) is 53.6 Å². The van der Waals surface area contributed by atoms with E-state index in [-0.39, 0.29) is 9.79 Å². The smallest absolute Gasteiger partial charge is 0.336 e. The largest absolute Gasteiger partial charge is 0.497 e. The van der Waals surface area contributed by atoms with Gasteiger partial charge in [-0.1, -0.05) is 0 Å². The van der Waals surface area contributed by atoms with Gasteiger partial charge in [-0.25, -0.2) is 18.0 Å². The number of carboxylic acids is 2. The summed E-state index contributed by atoms with van der Waals surface area (Å²) in [5.41, 5.74) is -1.07. The topological polar surface area (TPSA) is 118 Å². The zero-order valence-corrected chi connectivity index (χ0v) is 12.7. The summed E-state index contributed by atoms with van der Waals surface area (Å²) in [6, 6.07) is 8.41. The van der Waals surface area contributed by atoms with Crippen LogP contribution in [0.15, 0.2) is 52.3 Å². The van der Waals surface area contributed by atoms with Gasteiger partial charge in [-0.05, 0) is 42.5 Å². The monoisotopic (exact) mass is 336 g/mol. The number of hydrogen-bond acceptors (Lipinski definition) is 5. The minimum atomic E-state index is -3.97. The molecule has 7 nitrogen and oxygen atoms in total. The number of methoxy groups -OCH3 is 1. The van der Waals surface area contributed by atoms with Crippen LogP contribution in [0.25, 0.3) is 0 Å².